The summed E-state index contributed by atoms with van der Waals surface area (Å²) >= 11 is 0. The summed E-state index contributed by atoms with van der Waals surface area (Å²) in [6, 6.07) is 11.9. The van der Waals surface area contributed by atoms with Gasteiger partial charge in [-0.3, -0.25) is 4.90 Å². The molecule has 0 aliphatic rings. The van der Waals surface area contributed by atoms with E-state index in [1.807, 2.05) is 36.4 Å². The lowest BCUT2D eigenvalue weighted by molar-refractivity contribution is 0.198. The number of para-hydroxylation sites is 1. The van der Waals surface area contributed by atoms with Gasteiger partial charge in [-0.15, -0.1) is 0 Å². The molecule has 0 N–H and O–H groups in total. The first-order valence-electron chi connectivity index (χ1n) is 7.78. The van der Waals surface area contributed by atoms with E-state index in [2.05, 4.69) is 47.8 Å². The van der Waals surface area contributed by atoms with Gasteiger partial charge in [-0.2, -0.15) is 4.98 Å². The molecule has 120 valence electrons. The zero-order chi connectivity index (χ0) is 16.4. The highest BCUT2D eigenvalue weighted by atomic mass is 16.5. The van der Waals surface area contributed by atoms with Crippen LogP contribution >= 0.6 is 0 Å². The Hall–Kier alpha value is -2.27. The molecule has 2 aromatic heterocycles. The van der Waals surface area contributed by atoms with E-state index in [1.165, 1.54) is 0 Å². The maximum absolute atomic E-state index is 5.37. The highest BCUT2D eigenvalue weighted by Gasteiger charge is 2.17. The molecule has 0 saturated carbocycles. The Morgan fingerprint density at radius 3 is 2.61 bits per heavy atom. The molecule has 0 aliphatic carbocycles. The van der Waals surface area contributed by atoms with E-state index in [-0.39, 0.29) is 5.41 Å². The van der Waals surface area contributed by atoms with Crippen molar-refractivity contribution in [2.45, 2.75) is 27.3 Å². The predicted octanol–water partition coefficient (Wildman–Crippen LogP) is 3.76. The molecular formula is C18H22N4O. The van der Waals surface area contributed by atoms with Gasteiger partial charge in [-0.25, -0.2) is 4.98 Å². The quantitative estimate of drug-likeness (QED) is 0.734. The highest BCUT2D eigenvalue weighted by molar-refractivity contribution is 5.80. The number of pyridine rings is 1. The Balaban J connectivity index is 1.77. The summed E-state index contributed by atoms with van der Waals surface area (Å²) < 4.78 is 5.37. The summed E-state index contributed by atoms with van der Waals surface area (Å²) in [5, 5.41) is 5.17. The van der Waals surface area contributed by atoms with Crippen molar-refractivity contribution in [3.05, 3.63) is 42.3 Å². The first-order chi connectivity index (χ1) is 10.9. The summed E-state index contributed by atoms with van der Waals surface area (Å²) in [4.78, 5) is 11.3. The smallest absolute Gasteiger partial charge is 0.241 e. The third-order valence-corrected chi connectivity index (χ3v) is 3.45. The lowest BCUT2D eigenvalue weighted by Crippen LogP contribution is -2.28. The summed E-state index contributed by atoms with van der Waals surface area (Å²) in [5.74, 6) is 1.15. The molecule has 1 aromatic carbocycles. The van der Waals surface area contributed by atoms with E-state index in [0.29, 0.717) is 18.3 Å². The average molecular weight is 310 g/mol. The van der Waals surface area contributed by atoms with Gasteiger partial charge in [0.1, 0.15) is 5.69 Å². The first-order valence-corrected chi connectivity index (χ1v) is 7.78. The zero-order valence-corrected chi connectivity index (χ0v) is 14.1. The van der Waals surface area contributed by atoms with Gasteiger partial charge in [0.2, 0.25) is 11.7 Å². The largest absolute Gasteiger partial charge is 0.337 e. The van der Waals surface area contributed by atoms with Crippen LogP contribution in [0.3, 0.4) is 0 Å². The second-order valence-electron chi connectivity index (χ2n) is 7.13. The molecular weight excluding hydrogens is 288 g/mol. The van der Waals surface area contributed by atoms with Crippen LogP contribution in [0.25, 0.3) is 22.4 Å². The van der Waals surface area contributed by atoms with Crippen LogP contribution in [0, 0.1) is 5.41 Å². The van der Waals surface area contributed by atoms with Crippen LogP contribution < -0.4 is 0 Å². The molecule has 0 amide bonds. The molecule has 3 rings (SSSR count). The van der Waals surface area contributed by atoms with Gasteiger partial charge in [-0.1, -0.05) is 50.2 Å². The Kier molecular flexibility index (Phi) is 4.13. The topological polar surface area (TPSA) is 55.1 Å². The standard InChI is InChI=1S/C18H22N4O/c1-18(2,3)12-22(4)11-16-20-17(21-23-16)15-10-9-13-7-5-6-8-14(13)19-15/h5-10H,11-12H2,1-4H3. The predicted molar refractivity (Wildman–Crippen MR) is 90.8 cm³/mol. The second kappa shape index (κ2) is 6.08. The molecule has 0 unspecified atom stereocenters. The third-order valence-electron chi connectivity index (χ3n) is 3.45. The molecule has 0 radical (unpaired) electrons. The third kappa shape index (κ3) is 3.93. The highest BCUT2D eigenvalue weighted by Crippen LogP contribution is 2.20. The number of rotatable bonds is 4. The molecule has 23 heavy (non-hydrogen) atoms. The van der Waals surface area contributed by atoms with Crippen molar-refractivity contribution in [2.75, 3.05) is 13.6 Å². The van der Waals surface area contributed by atoms with Crippen molar-refractivity contribution in [2.24, 2.45) is 5.41 Å². The van der Waals surface area contributed by atoms with Gasteiger partial charge in [0, 0.05) is 11.9 Å². The van der Waals surface area contributed by atoms with Gasteiger partial charge in [-0.05, 0) is 24.6 Å². The average Bonchev–Trinajstić information content (AvgIpc) is 2.93. The minimum atomic E-state index is 0.234. The lowest BCUT2D eigenvalue weighted by atomic mass is 9.96. The summed E-state index contributed by atoms with van der Waals surface area (Å²) in [5.41, 5.74) is 1.90. The molecule has 0 spiro atoms. The van der Waals surface area contributed by atoms with E-state index in [4.69, 9.17) is 4.52 Å². The second-order valence-corrected chi connectivity index (χ2v) is 7.13. The van der Waals surface area contributed by atoms with Crippen LogP contribution in [-0.4, -0.2) is 33.6 Å². The lowest BCUT2D eigenvalue weighted by Gasteiger charge is -2.25. The molecule has 5 nitrogen and oxygen atoms in total. The van der Waals surface area contributed by atoms with Crippen LogP contribution in [0.5, 0.6) is 0 Å². The maximum atomic E-state index is 5.37. The number of hydrogen-bond acceptors (Lipinski definition) is 5. The Bertz CT molecular complexity index is 804. The number of fused-ring (bicyclic) bond motifs is 1. The van der Waals surface area contributed by atoms with Crippen molar-refractivity contribution in [3.63, 3.8) is 0 Å². The molecule has 2 heterocycles. The van der Waals surface area contributed by atoms with Crippen LogP contribution in [0.15, 0.2) is 40.9 Å². The summed E-state index contributed by atoms with van der Waals surface area (Å²) in [6.45, 7) is 8.22. The van der Waals surface area contributed by atoms with E-state index in [9.17, 15) is 0 Å². The summed E-state index contributed by atoms with van der Waals surface area (Å²) in [6.07, 6.45) is 0. The molecule has 0 atom stereocenters. The Labute approximate surface area is 136 Å². The zero-order valence-electron chi connectivity index (χ0n) is 14.1. The molecule has 0 fully saturated rings. The number of benzene rings is 1. The van der Waals surface area contributed by atoms with Crippen molar-refractivity contribution in [1.29, 1.82) is 0 Å². The van der Waals surface area contributed by atoms with E-state index in [1.54, 1.807) is 0 Å². The van der Waals surface area contributed by atoms with Gasteiger partial charge < -0.3 is 4.52 Å². The van der Waals surface area contributed by atoms with Gasteiger partial charge in [0.05, 0.1) is 12.1 Å². The van der Waals surface area contributed by atoms with Crippen LogP contribution in [0.1, 0.15) is 26.7 Å². The van der Waals surface area contributed by atoms with Gasteiger partial charge in [0.25, 0.3) is 0 Å². The van der Waals surface area contributed by atoms with Crippen molar-refractivity contribution < 1.29 is 4.52 Å². The van der Waals surface area contributed by atoms with Crippen molar-refractivity contribution in [3.8, 4) is 11.5 Å². The van der Waals surface area contributed by atoms with E-state index in [0.717, 1.165) is 23.1 Å². The fraction of sp³-hybridized carbons (Fsp3) is 0.389. The fourth-order valence-corrected chi connectivity index (χ4v) is 2.71. The molecule has 0 saturated heterocycles. The van der Waals surface area contributed by atoms with Crippen LogP contribution in [0.2, 0.25) is 0 Å². The number of hydrogen-bond donors (Lipinski definition) is 0. The molecule has 0 bridgehead atoms. The maximum Gasteiger partial charge on any atom is 0.241 e. The Morgan fingerprint density at radius 1 is 1.04 bits per heavy atom. The Morgan fingerprint density at radius 2 is 1.83 bits per heavy atom. The molecule has 5 heteroatoms. The normalized spacial score (nSPS) is 12.2. The van der Waals surface area contributed by atoms with Crippen molar-refractivity contribution in [1.82, 2.24) is 20.0 Å². The number of nitrogens with zero attached hydrogens (tertiary/aromatic N) is 4. The van der Waals surface area contributed by atoms with Gasteiger partial charge >= 0.3 is 0 Å². The van der Waals surface area contributed by atoms with Gasteiger partial charge in [0.15, 0.2) is 0 Å². The molecule has 0 aliphatic heterocycles. The van der Waals surface area contributed by atoms with E-state index < -0.39 is 0 Å². The fourth-order valence-electron chi connectivity index (χ4n) is 2.71. The van der Waals surface area contributed by atoms with Crippen LogP contribution in [-0.2, 0) is 6.54 Å². The number of aromatic nitrogens is 3. The summed E-state index contributed by atoms with van der Waals surface area (Å²) in [7, 11) is 2.06. The SMILES string of the molecule is CN(Cc1nc(-c2ccc3ccccc3n2)no1)CC(C)(C)C. The molecule has 3 aromatic rings. The van der Waals surface area contributed by atoms with Crippen molar-refractivity contribution >= 4 is 10.9 Å². The van der Waals surface area contributed by atoms with E-state index >= 15 is 0 Å². The monoisotopic (exact) mass is 310 g/mol. The minimum Gasteiger partial charge on any atom is -0.337 e. The first kappa shape index (κ1) is 15.6. The van der Waals surface area contributed by atoms with Crippen LogP contribution in [0.4, 0.5) is 0 Å². The minimum absolute atomic E-state index is 0.234.